The third kappa shape index (κ3) is 2.77. The molecule has 2 aromatic heterocycles. The summed E-state index contributed by atoms with van der Waals surface area (Å²) in [6.07, 6.45) is 1.52. The zero-order valence-electron chi connectivity index (χ0n) is 9.84. The highest BCUT2D eigenvalue weighted by Crippen LogP contribution is 2.19. The summed E-state index contributed by atoms with van der Waals surface area (Å²) in [6, 6.07) is 4.28. The summed E-state index contributed by atoms with van der Waals surface area (Å²) in [7, 11) is 0. The first-order chi connectivity index (χ1) is 8.70. The van der Waals surface area contributed by atoms with Crippen LogP contribution in [-0.4, -0.2) is 11.5 Å². The first kappa shape index (κ1) is 12.3. The lowest BCUT2D eigenvalue weighted by molar-refractivity contribution is 0.516. The lowest BCUT2D eigenvalue weighted by Gasteiger charge is -2.09. The maximum Gasteiger partial charge on any atom is 0.168 e. The molecule has 18 heavy (non-hydrogen) atoms. The van der Waals surface area contributed by atoms with E-state index < -0.39 is 11.6 Å². The molecule has 4 nitrogen and oxygen atoms in total. The Labute approximate surface area is 103 Å². The van der Waals surface area contributed by atoms with E-state index in [0.29, 0.717) is 12.3 Å². The van der Waals surface area contributed by atoms with Crippen molar-refractivity contribution in [2.24, 2.45) is 0 Å². The number of aromatic nitrogens is 1. The van der Waals surface area contributed by atoms with Gasteiger partial charge in [-0.1, -0.05) is 0 Å². The Kier molecular flexibility index (Phi) is 3.76. The zero-order valence-corrected chi connectivity index (χ0v) is 9.84. The van der Waals surface area contributed by atoms with Crippen molar-refractivity contribution in [3.63, 3.8) is 0 Å². The molecule has 2 heterocycles. The van der Waals surface area contributed by atoms with E-state index in [9.17, 15) is 8.78 Å². The predicted molar refractivity (Wildman–Crippen MR) is 64.4 cm³/mol. The predicted octanol–water partition coefficient (Wildman–Crippen LogP) is 3.00. The second-order valence-electron chi connectivity index (χ2n) is 3.61. The first-order valence-corrected chi connectivity index (χ1v) is 5.57. The lowest BCUT2D eigenvalue weighted by atomic mass is 10.3. The summed E-state index contributed by atoms with van der Waals surface area (Å²) >= 11 is 0. The Bertz CT molecular complexity index is 514. The van der Waals surface area contributed by atoms with Crippen LogP contribution in [0.25, 0.3) is 0 Å². The Hall–Kier alpha value is -2.11. The number of pyridine rings is 1. The highest BCUT2D eigenvalue weighted by molar-refractivity contribution is 5.47. The standard InChI is InChI=1S/C12H13F2N3O/c1-2-15-11-9(13)6-10(14)12(17-11)16-7-8-4-3-5-18-8/h3-6H,2,7H2,1H3,(H2,15,16,17). The quantitative estimate of drug-likeness (QED) is 0.860. The van der Waals surface area contributed by atoms with E-state index in [-0.39, 0.29) is 18.2 Å². The Morgan fingerprint density at radius 3 is 2.56 bits per heavy atom. The molecule has 0 aliphatic heterocycles. The number of nitrogens with zero attached hydrogens (tertiary/aromatic N) is 1. The lowest BCUT2D eigenvalue weighted by Crippen LogP contribution is -2.08. The minimum absolute atomic E-state index is 0.0104. The van der Waals surface area contributed by atoms with Gasteiger partial charge < -0.3 is 15.1 Å². The van der Waals surface area contributed by atoms with E-state index in [1.54, 1.807) is 19.1 Å². The van der Waals surface area contributed by atoms with Gasteiger partial charge in [0, 0.05) is 12.6 Å². The van der Waals surface area contributed by atoms with Crippen molar-refractivity contribution >= 4 is 11.6 Å². The van der Waals surface area contributed by atoms with E-state index in [2.05, 4.69) is 15.6 Å². The SMILES string of the molecule is CCNc1nc(NCc2ccco2)c(F)cc1F. The number of halogens is 2. The molecule has 0 bridgehead atoms. The van der Waals surface area contributed by atoms with Gasteiger partial charge in [-0.2, -0.15) is 0 Å². The Morgan fingerprint density at radius 1 is 1.22 bits per heavy atom. The van der Waals surface area contributed by atoms with Gasteiger partial charge >= 0.3 is 0 Å². The molecule has 0 amide bonds. The summed E-state index contributed by atoms with van der Waals surface area (Å²) in [6.45, 7) is 2.60. The van der Waals surface area contributed by atoms with Crippen LogP contribution in [-0.2, 0) is 6.54 Å². The molecule has 2 rings (SSSR count). The first-order valence-electron chi connectivity index (χ1n) is 5.57. The molecule has 2 N–H and O–H groups in total. The maximum absolute atomic E-state index is 13.5. The van der Waals surface area contributed by atoms with E-state index in [1.165, 1.54) is 6.26 Å². The smallest absolute Gasteiger partial charge is 0.168 e. The van der Waals surface area contributed by atoms with Crippen molar-refractivity contribution in [2.75, 3.05) is 17.2 Å². The molecule has 0 spiro atoms. The highest BCUT2D eigenvalue weighted by atomic mass is 19.1. The molecule has 0 atom stereocenters. The monoisotopic (exact) mass is 253 g/mol. The molecular weight excluding hydrogens is 240 g/mol. The van der Waals surface area contributed by atoms with Crippen molar-refractivity contribution < 1.29 is 13.2 Å². The number of furan rings is 1. The molecule has 0 fully saturated rings. The summed E-state index contributed by atoms with van der Waals surface area (Å²) in [5.41, 5.74) is 0. The number of hydrogen-bond donors (Lipinski definition) is 2. The van der Waals surface area contributed by atoms with Crippen molar-refractivity contribution in [3.8, 4) is 0 Å². The molecule has 0 unspecified atom stereocenters. The molecule has 0 radical (unpaired) electrons. The topological polar surface area (TPSA) is 50.1 Å². The normalized spacial score (nSPS) is 10.4. The van der Waals surface area contributed by atoms with Gasteiger partial charge in [-0.05, 0) is 19.1 Å². The Morgan fingerprint density at radius 2 is 1.94 bits per heavy atom. The Balaban J connectivity index is 2.13. The van der Waals surface area contributed by atoms with Crippen molar-refractivity contribution in [2.45, 2.75) is 13.5 Å². The van der Waals surface area contributed by atoms with Crippen LogP contribution in [0.5, 0.6) is 0 Å². The van der Waals surface area contributed by atoms with Gasteiger partial charge in [-0.15, -0.1) is 0 Å². The van der Waals surface area contributed by atoms with Crippen LogP contribution in [0.3, 0.4) is 0 Å². The summed E-state index contributed by atoms with van der Waals surface area (Å²) in [5, 5.41) is 5.48. The zero-order chi connectivity index (χ0) is 13.0. The number of hydrogen-bond acceptors (Lipinski definition) is 4. The minimum Gasteiger partial charge on any atom is -0.467 e. The van der Waals surface area contributed by atoms with Crippen LogP contribution < -0.4 is 10.6 Å². The molecule has 2 aromatic rings. The molecular formula is C12H13F2N3O. The van der Waals surface area contributed by atoms with Gasteiger partial charge in [0.05, 0.1) is 12.8 Å². The summed E-state index contributed by atoms with van der Waals surface area (Å²) < 4.78 is 31.9. The fourth-order valence-corrected chi connectivity index (χ4v) is 1.47. The van der Waals surface area contributed by atoms with Gasteiger partial charge in [0.15, 0.2) is 23.3 Å². The molecule has 0 aromatic carbocycles. The average molecular weight is 253 g/mol. The molecule has 0 saturated heterocycles. The van der Waals surface area contributed by atoms with E-state index >= 15 is 0 Å². The molecule has 0 saturated carbocycles. The van der Waals surface area contributed by atoms with Crippen LogP contribution in [0.4, 0.5) is 20.4 Å². The highest BCUT2D eigenvalue weighted by Gasteiger charge is 2.11. The molecule has 6 heteroatoms. The second kappa shape index (κ2) is 5.48. The summed E-state index contributed by atoms with van der Waals surface area (Å²) in [5.74, 6) is -0.784. The van der Waals surface area contributed by atoms with Crippen LogP contribution in [0, 0.1) is 11.6 Å². The van der Waals surface area contributed by atoms with Gasteiger partial charge in [0.1, 0.15) is 5.76 Å². The van der Waals surface area contributed by atoms with Crippen LogP contribution in [0.2, 0.25) is 0 Å². The second-order valence-corrected chi connectivity index (χ2v) is 3.61. The third-order valence-electron chi connectivity index (χ3n) is 2.28. The van der Waals surface area contributed by atoms with Crippen molar-refractivity contribution in [3.05, 3.63) is 41.9 Å². The van der Waals surface area contributed by atoms with Gasteiger partial charge in [-0.3, -0.25) is 0 Å². The fraction of sp³-hybridized carbons (Fsp3) is 0.250. The van der Waals surface area contributed by atoms with Gasteiger partial charge in [0.2, 0.25) is 0 Å². The summed E-state index contributed by atoms with van der Waals surface area (Å²) in [4.78, 5) is 3.85. The van der Waals surface area contributed by atoms with Crippen LogP contribution in [0.1, 0.15) is 12.7 Å². The van der Waals surface area contributed by atoms with E-state index in [1.807, 2.05) is 0 Å². The van der Waals surface area contributed by atoms with Crippen LogP contribution >= 0.6 is 0 Å². The largest absolute Gasteiger partial charge is 0.467 e. The fourth-order valence-electron chi connectivity index (χ4n) is 1.47. The van der Waals surface area contributed by atoms with Gasteiger partial charge in [-0.25, -0.2) is 13.8 Å². The van der Waals surface area contributed by atoms with E-state index in [4.69, 9.17) is 4.42 Å². The average Bonchev–Trinajstić information content (AvgIpc) is 2.84. The van der Waals surface area contributed by atoms with Crippen molar-refractivity contribution in [1.29, 1.82) is 0 Å². The maximum atomic E-state index is 13.5. The third-order valence-corrected chi connectivity index (χ3v) is 2.28. The van der Waals surface area contributed by atoms with Gasteiger partial charge in [0.25, 0.3) is 0 Å². The van der Waals surface area contributed by atoms with Crippen LogP contribution in [0.15, 0.2) is 28.9 Å². The molecule has 96 valence electrons. The minimum atomic E-state index is -0.735. The number of anilines is 2. The number of rotatable bonds is 5. The molecule has 0 aliphatic rings. The van der Waals surface area contributed by atoms with E-state index in [0.717, 1.165) is 6.07 Å². The number of nitrogens with one attached hydrogen (secondary N) is 2. The van der Waals surface area contributed by atoms with Crippen molar-refractivity contribution in [1.82, 2.24) is 4.98 Å². The molecule has 0 aliphatic carbocycles.